The van der Waals surface area contributed by atoms with Crippen molar-refractivity contribution in [2.45, 2.75) is 66.6 Å². The lowest BCUT2D eigenvalue weighted by Gasteiger charge is -2.37. The summed E-state index contributed by atoms with van der Waals surface area (Å²) >= 11 is 6.45. The first-order valence-corrected chi connectivity index (χ1v) is 8.06. The van der Waals surface area contributed by atoms with Crippen LogP contribution in [0.4, 0.5) is 5.69 Å². The van der Waals surface area contributed by atoms with Gasteiger partial charge in [0.15, 0.2) is 0 Å². The Morgan fingerprint density at radius 2 is 1.71 bits per heavy atom. The van der Waals surface area contributed by atoms with E-state index in [4.69, 9.17) is 11.6 Å². The molecule has 0 saturated carbocycles. The van der Waals surface area contributed by atoms with Gasteiger partial charge in [0, 0.05) is 35.9 Å². The summed E-state index contributed by atoms with van der Waals surface area (Å²) in [6.07, 6.45) is 0. The molecule has 3 heteroatoms. The van der Waals surface area contributed by atoms with Crippen LogP contribution in [0.15, 0.2) is 18.2 Å². The van der Waals surface area contributed by atoms with Crippen LogP contribution in [0, 0.1) is 5.41 Å². The third-order valence-electron chi connectivity index (χ3n) is 4.09. The van der Waals surface area contributed by atoms with E-state index < -0.39 is 0 Å². The Balaban J connectivity index is 2.87. The number of anilines is 1. The van der Waals surface area contributed by atoms with Crippen LogP contribution in [-0.2, 0) is 6.54 Å². The van der Waals surface area contributed by atoms with Crippen LogP contribution in [0.2, 0.25) is 5.02 Å². The van der Waals surface area contributed by atoms with E-state index in [1.807, 2.05) is 0 Å². The fraction of sp³-hybridized carbons (Fsp3) is 0.667. The van der Waals surface area contributed by atoms with E-state index in [-0.39, 0.29) is 11.0 Å². The zero-order valence-corrected chi connectivity index (χ0v) is 15.6. The fourth-order valence-electron chi connectivity index (χ4n) is 2.06. The van der Waals surface area contributed by atoms with Gasteiger partial charge < -0.3 is 10.2 Å². The van der Waals surface area contributed by atoms with Crippen molar-refractivity contribution in [3.8, 4) is 0 Å². The number of hydrogen-bond donors (Lipinski definition) is 1. The van der Waals surface area contributed by atoms with Gasteiger partial charge in [-0.05, 0) is 50.8 Å². The van der Waals surface area contributed by atoms with Crippen LogP contribution in [0.5, 0.6) is 0 Å². The van der Waals surface area contributed by atoms with Crippen LogP contribution >= 0.6 is 11.6 Å². The van der Waals surface area contributed by atoms with Crippen LogP contribution in [-0.4, -0.2) is 18.6 Å². The predicted molar refractivity (Wildman–Crippen MR) is 95.4 cm³/mol. The van der Waals surface area contributed by atoms with Crippen molar-refractivity contribution in [1.82, 2.24) is 5.32 Å². The fourth-order valence-corrected chi connectivity index (χ4v) is 2.31. The summed E-state index contributed by atoms with van der Waals surface area (Å²) in [6.45, 7) is 16.3. The highest BCUT2D eigenvalue weighted by Gasteiger charge is 2.24. The summed E-state index contributed by atoms with van der Waals surface area (Å²) in [5.41, 5.74) is 2.64. The van der Waals surface area contributed by atoms with Gasteiger partial charge in [0.2, 0.25) is 0 Å². The maximum atomic E-state index is 6.45. The highest BCUT2D eigenvalue weighted by atomic mass is 35.5. The molecule has 0 aliphatic heterocycles. The van der Waals surface area contributed by atoms with Crippen molar-refractivity contribution >= 4 is 17.3 Å². The molecule has 2 nitrogen and oxygen atoms in total. The lowest BCUT2D eigenvalue weighted by molar-refractivity contribution is 0.330. The van der Waals surface area contributed by atoms with Crippen molar-refractivity contribution < 1.29 is 0 Å². The van der Waals surface area contributed by atoms with Gasteiger partial charge >= 0.3 is 0 Å². The zero-order chi connectivity index (χ0) is 16.4. The van der Waals surface area contributed by atoms with Gasteiger partial charge in [0.1, 0.15) is 0 Å². The Labute approximate surface area is 135 Å². The maximum absolute atomic E-state index is 6.45. The van der Waals surface area contributed by atoms with Gasteiger partial charge in [-0.2, -0.15) is 0 Å². The molecule has 0 spiro atoms. The number of hydrogen-bond acceptors (Lipinski definition) is 2. The van der Waals surface area contributed by atoms with Crippen LogP contribution < -0.4 is 10.2 Å². The highest BCUT2D eigenvalue weighted by molar-refractivity contribution is 6.31. The van der Waals surface area contributed by atoms with E-state index in [1.165, 1.54) is 5.69 Å². The van der Waals surface area contributed by atoms with E-state index in [1.54, 1.807) is 0 Å². The average molecular weight is 311 g/mol. The Morgan fingerprint density at radius 1 is 1.14 bits per heavy atom. The summed E-state index contributed by atoms with van der Waals surface area (Å²) in [4.78, 5) is 2.30. The maximum Gasteiger partial charge on any atom is 0.0471 e. The van der Waals surface area contributed by atoms with Crippen molar-refractivity contribution in [2.24, 2.45) is 5.41 Å². The Morgan fingerprint density at radius 3 is 2.14 bits per heavy atom. The molecule has 1 aromatic rings. The average Bonchev–Trinajstić information content (AvgIpc) is 2.33. The number of rotatable bonds is 4. The molecule has 21 heavy (non-hydrogen) atoms. The van der Waals surface area contributed by atoms with Gasteiger partial charge in [-0.25, -0.2) is 0 Å². The minimum absolute atomic E-state index is 0.0968. The normalized spacial score (nSPS) is 14.1. The van der Waals surface area contributed by atoms with E-state index in [0.29, 0.717) is 6.04 Å². The van der Waals surface area contributed by atoms with Crippen LogP contribution in [0.1, 0.15) is 54.0 Å². The van der Waals surface area contributed by atoms with Crippen molar-refractivity contribution in [2.75, 3.05) is 11.9 Å². The summed E-state index contributed by atoms with van der Waals surface area (Å²) in [6, 6.07) is 6.80. The molecule has 1 N–H and O–H groups in total. The monoisotopic (exact) mass is 310 g/mol. The SMILES string of the molecule is CC(N(C)c1ccc(CNC(C)(C)C)c(Cl)c1)C(C)(C)C. The largest absolute Gasteiger partial charge is 0.371 e. The van der Waals surface area contributed by atoms with Crippen molar-refractivity contribution in [1.29, 1.82) is 0 Å². The molecule has 0 radical (unpaired) electrons. The number of halogens is 1. The first kappa shape index (κ1) is 18.3. The second-order valence-electron chi connectivity index (χ2n) is 8.03. The van der Waals surface area contributed by atoms with Gasteiger partial charge in [-0.1, -0.05) is 38.4 Å². The molecule has 1 aromatic carbocycles. The lowest BCUT2D eigenvalue weighted by atomic mass is 9.87. The summed E-state index contributed by atoms with van der Waals surface area (Å²) < 4.78 is 0. The van der Waals surface area contributed by atoms with Gasteiger partial charge in [0.25, 0.3) is 0 Å². The third-order valence-corrected chi connectivity index (χ3v) is 4.44. The summed E-state index contributed by atoms with van der Waals surface area (Å²) in [7, 11) is 2.13. The second kappa shape index (κ2) is 6.58. The smallest absolute Gasteiger partial charge is 0.0471 e. The summed E-state index contributed by atoms with van der Waals surface area (Å²) in [5.74, 6) is 0. The molecule has 0 aliphatic rings. The topological polar surface area (TPSA) is 15.3 Å². The first-order chi connectivity index (χ1) is 9.42. The molecule has 1 unspecified atom stereocenters. The molecule has 120 valence electrons. The standard InChI is InChI=1S/C18H31ClN2/c1-13(17(2,3)4)21(8)15-10-9-14(16(19)11-15)12-20-18(5,6)7/h9-11,13,20H,12H2,1-8H3. The summed E-state index contributed by atoms with van der Waals surface area (Å²) in [5, 5.41) is 4.31. The molecular weight excluding hydrogens is 280 g/mol. The molecule has 0 aromatic heterocycles. The molecule has 0 fully saturated rings. The van der Waals surface area contributed by atoms with E-state index in [9.17, 15) is 0 Å². The third kappa shape index (κ3) is 5.52. The Hall–Kier alpha value is -0.730. The molecule has 0 aliphatic carbocycles. The van der Waals surface area contributed by atoms with Crippen molar-refractivity contribution in [3.63, 3.8) is 0 Å². The molecule has 0 saturated heterocycles. The minimum atomic E-state index is 0.0968. The second-order valence-corrected chi connectivity index (χ2v) is 8.44. The molecule has 1 atom stereocenters. The molecule has 0 amide bonds. The van der Waals surface area contributed by atoms with E-state index in [0.717, 1.165) is 17.1 Å². The molecule has 0 heterocycles. The molecular formula is C18H31ClN2. The molecule has 0 bridgehead atoms. The highest BCUT2D eigenvalue weighted by Crippen LogP contribution is 2.30. The predicted octanol–water partition coefficient (Wildman–Crippen LogP) is 5.10. The lowest BCUT2D eigenvalue weighted by Crippen LogP contribution is -2.39. The number of nitrogens with zero attached hydrogens (tertiary/aromatic N) is 1. The minimum Gasteiger partial charge on any atom is -0.371 e. The van der Waals surface area contributed by atoms with Gasteiger partial charge in [-0.15, -0.1) is 0 Å². The van der Waals surface area contributed by atoms with E-state index in [2.05, 4.69) is 83.9 Å². The number of benzene rings is 1. The Bertz CT molecular complexity index is 469. The van der Waals surface area contributed by atoms with Gasteiger partial charge in [-0.3, -0.25) is 0 Å². The van der Waals surface area contributed by atoms with Crippen LogP contribution in [0.25, 0.3) is 0 Å². The quantitative estimate of drug-likeness (QED) is 0.832. The van der Waals surface area contributed by atoms with Crippen molar-refractivity contribution in [3.05, 3.63) is 28.8 Å². The van der Waals surface area contributed by atoms with Crippen LogP contribution in [0.3, 0.4) is 0 Å². The first-order valence-electron chi connectivity index (χ1n) is 7.68. The Kier molecular flexibility index (Phi) is 5.74. The zero-order valence-electron chi connectivity index (χ0n) is 14.8. The molecule has 1 rings (SSSR count). The van der Waals surface area contributed by atoms with Gasteiger partial charge in [0.05, 0.1) is 0 Å². The number of nitrogens with one attached hydrogen (secondary N) is 1. The van der Waals surface area contributed by atoms with E-state index >= 15 is 0 Å².